The van der Waals surface area contributed by atoms with Gasteiger partial charge in [0.2, 0.25) is 15.9 Å². The summed E-state index contributed by atoms with van der Waals surface area (Å²) in [5.41, 5.74) is 3.56. The molecule has 1 aliphatic rings. The number of sulfonamides is 1. The largest absolute Gasteiger partial charge is 0.497 e. The van der Waals surface area contributed by atoms with Gasteiger partial charge in [-0.1, -0.05) is 53.3 Å². The minimum atomic E-state index is -3.90. The smallest absolute Gasteiger partial charge is 0.244 e. The maximum Gasteiger partial charge on any atom is 0.244 e. The summed E-state index contributed by atoms with van der Waals surface area (Å²) in [6.07, 6.45) is 0.284. The van der Waals surface area contributed by atoms with Crippen molar-refractivity contribution in [2.24, 2.45) is 0 Å². The van der Waals surface area contributed by atoms with Gasteiger partial charge in [0.15, 0.2) is 5.13 Å². The minimum Gasteiger partial charge on any atom is -0.497 e. The number of benzene rings is 3. The Morgan fingerprint density at radius 3 is 2.56 bits per heavy atom. The number of hydrogen-bond acceptors (Lipinski definition) is 6. The van der Waals surface area contributed by atoms with Crippen LogP contribution in [0.3, 0.4) is 0 Å². The van der Waals surface area contributed by atoms with Crippen molar-refractivity contribution in [1.29, 1.82) is 0 Å². The van der Waals surface area contributed by atoms with E-state index in [0.29, 0.717) is 10.9 Å². The van der Waals surface area contributed by atoms with E-state index in [9.17, 15) is 13.2 Å². The molecule has 2 heterocycles. The van der Waals surface area contributed by atoms with Gasteiger partial charge in [0.25, 0.3) is 0 Å². The van der Waals surface area contributed by atoms with Crippen LogP contribution in [-0.4, -0.2) is 36.8 Å². The molecule has 4 aromatic rings. The van der Waals surface area contributed by atoms with Gasteiger partial charge in [-0.2, -0.15) is 4.31 Å². The average molecular weight is 494 g/mol. The van der Waals surface area contributed by atoms with E-state index in [0.717, 1.165) is 26.9 Å². The predicted molar refractivity (Wildman–Crippen MR) is 133 cm³/mol. The van der Waals surface area contributed by atoms with E-state index in [-0.39, 0.29) is 17.9 Å². The van der Waals surface area contributed by atoms with Gasteiger partial charge in [0.05, 0.1) is 22.2 Å². The molecule has 0 bridgehead atoms. The zero-order chi connectivity index (χ0) is 23.9. The molecule has 0 aliphatic carbocycles. The Balaban J connectivity index is 1.49. The maximum atomic E-state index is 13.6. The van der Waals surface area contributed by atoms with Crippen molar-refractivity contribution in [3.05, 3.63) is 83.4 Å². The lowest BCUT2D eigenvalue weighted by Crippen LogP contribution is -2.50. The Kier molecular flexibility index (Phi) is 5.85. The molecule has 1 amide bonds. The first kappa shape index (κ1) is 22.5. The number of anilines is 1. The molecule has 0 fully saturated rings. The highest BCUT2D eigenvalue weighted by Crippen LogP contribution is 2.32. The number of fused-ring (bicyclic) bond motifs is 2. The van der Waals surface area contributed by atoms with Crippen molar-refractivity contribution >= 4 is 42.6 Å². The van der Waals surface area contributed by atoms with Gasteiger partial charge in [-0.3, -0.25) is 4.79 Å². The van der Waals surface area contributed by atoms with Crippen LogP contribution in [0.25, 0.3) is 10.2 Å². The van der Waals surface area contributed by atoms with E-state index in [1.54, 1.807) is 31.4 Å². The lowest BCUT2D eigenvalue weighted by atomic mass is 9.95. The lowest BCUT2D eigenvalue weighted by Gasteiger charge is -2.34. The number of rotatable bonds is 5. The second-order valence-corrected chi connectivity index (χ2v) is 11.1. The maximum absolute atomic E-state index is 13.6. The minimum absolute atomic E-state index is 0.127. The molecule has 34 heavy (non-hydrogen) atoms. The van der Waals surface area contributed by atoms with Crippen molar-refractivity contribution in [3.63, 3.8) is 0 Å². The first-order valence-corrected chi connectivity index (χ1v) is 13.0. The fourth-order valence-electron chi connectivity index (χ4n) is 4.09. The summed E-state index contributed by atoms with van der Waals surface area (Å²) < 4.78 is 34.6. The van der Waals surface area contributed by atoms with E-state index < -0.39 is 22.0 Å². The van der Waals surface area contributed by atoms with Gasteiger partial charge in [-0.05, 0) is 54.8 Å². The number of hydrogen-bond donors (Lipinski definition) is 1. The van der Waals surface area contributed by atoms with E-state index in [1.807, 2.05) is 49.4 Å². The topological polar surface area (TPSA) is 88.6 Å². The molecule has 174 valence electrons. The van der Waals surface area contributed by atoms with Crippen molar-refractivity contribution in [2.45, 2.75) is 30.8 Å². The Morgan fingerprint density at radius 2 is 1.82 bits per heavy atom. The van der Waals surface area contributed by atoms with Gasteiger partial charge in [-0.25, -0.2) is 13.4 Å². The summed E-state index contributed by atoms with van der Waals surface area (Å²) in [6.45, 7) is 2.03. The molecule has 5 rings (SSSR count). The van der Waals surface area contributed by atoms with Crippen LogP contribution in [-0.2, 0) is 27.8 Å². The van der Waals surface area contributed by atoms with Crippen LogP contribution >= 0.6 is 11.3 Å². The molecule has 0 radical (unpaired) electrons. The highest BCUT2D eigenvalue weighted by molar-refractivity contribution is 7.89. The Hall–Kier alpha value is -3.27. The highest BCUT2D eigenvalue weighted by Gasteiger charge is 2.39. The Morgan fingerprint density at radius 1 is 1.09 bits per heavy atom. The van der Waals surface area contributed by atoms with Gasteiger partial charge in [0, 0.05) is 6.54 Å². The number of amides is 1. The van der Waals surface area contributed by atoms with E-state index in [2.05, 4.69) is 10.3 Å². The third-order valence-corrected chi connectivity index (χ3v) is 8.76. The summed E-state index contributed by atoms with van der Waals surface area (Å²) in [4.78, 5) is 18.1. The molecule has 0 unspecified atom stereocenters. The number of aromatic nitrogens is 1. The van der Waals surface area contributed by atoms with Crippen LogP contribution in [0.4, 0.5) is 5.13 Å². The summed E-state index contributed by atoms with van der Waals surface area (Å²) in [6, 6.07) is 18.9. The SMILES string of the molecule is COc1ccc2nc(NC(=O)[C@@H]3Cc4ccccc4CN3S(=O)(=O)c3ccc(C)cc3)sc2c1. The molecule has 1 N–H and O–H groups in total. The van der Waals surface area contributed by atoms with Gasteiger partial charge < -0.3 is 10.1 Å². The first-order chi connectivity index (χ1) is 16.3. The fraction of sp³-hybridized carbons (Fsp3) is 0.200. The number of carbonyl (C=O) groups is 1. The third-order valence-electron chi connectivity index (χ3n) is 5.96. The summed E-state index contributed by atoms with van der Waals surface area (Å²) in [7, 11) is -2.31. The standard InChI is InChI=1S/C25H23N3O4S2/c1-16-7-10-20(11-8-16)34(30,31)28-15-18-6-4-3-5-17(18)13-22(28)24(29)27-25-26-21-12-9-19(32-2)14-23(21)33-25/h3-12,14,22H,13,15H2,1-2H3,(H,26,27,29)/t22-/m0/s1. The fourth-order valence-corrected chi connectivity index (χ4v) is 6.56. The number of aryl methyl sites for hydroxylation is 1. The van der Waals surface area contributed by atoms with Gasteiger partial charge >= 0.3 is 0 Å². The van der Waals surface area contributed by atoms with Crippen molar-refractivity contribution in [2.75, 3.05) is 12.4 Å². The van der Waals surface area contributed by atoms with Crippen molar-refractivity contribution in [1.82, 2.24) is 9.29 Å². The number of carbonyl (C=O) groups excluding carboxylic acids is 1. The van der Waals surface area contributed by atoms with Crippen molar-refractivity contribution < 1.29 is 17.9 Å². The molecule has 0 saturated heterocycles. The van der Waals surface area contributed by atoms with Crippen molar-refractivity contribution in [3.8, 4) is 5.75 Å². The Labute approximate surface area is 202 Å². The predicted octanol–water partition coefficient (Wildman–Crippen LogP) is 4.37. The molecule has 9 heteroatoms. The molecule has 7 nitrogen and oxygen atoms in total. The van der Waals surface area contributed by atoms with Gasteiger partial charge in [-0.15, -0.1) is 0 Å². The first-order valence-electron chi connectivity index (χ1n) is 10.8. The lowest BCUT2D eigenvalue weighted by molar-refractivity contribution is -0.120. The third kappa shape index (κ3) is 4.18. The van der Waals surface area contributed by atoms with Gasteiger partial charge in [0.1, 0.15) is 11.8 Å². The molecule has 1 aliphatic heterocycles. The van der Waals surface area contributed by atoms with E-state index in [1.165, 1.54) is 15.6 Å². The quantitative estimate of drug-likeness (QED) is 0.446. The number of ether oxygens (including phenoxy) is 1. The van der Waals surface area contributed by atoms with Crippen LogP contribution in [0.15, 0.2) is 71.6 Å². The molecule has 1 aromatic heterocycles. The molecular weight excluding hydrogens is 470 g/mol. The monoisotopic (exact) mass is 493 g/mol. The molecule has 3 aromatic carbocycles. The summed E-state index contributed by atoms with van der Waals surface area (Å²) >= 11 is 1.32. The average Bonchev–Trinajstić information content (AvgIpc) is 3.24. The molecular formula is C25H23N3O4S2. The molecule has 0 spiro atoms. The molecule has 0 saturated carbocycles. The zero-order valence-corrected chi connectivity index (χ0v) is 20.3. The molecule has 1 atom stereocenters. The summed E-state index contributed by atoms with van der Waals surface area (Å²) in [5, 5.41) is 3.27. The van der Waals surface area contributed by atoms with Crippen LogP contribution in [0.2, 0.25) is 0 Å². The highest BCUT2D eigenvalue weighted by atomic mass is 32.2. The number of thiazole rings is 1. The zero-order valence-electron chi connectivity index (χ0n) is 18.7. The number of nitrogens with one attached hydrogen (secondary N) is 1. The Bertz CT molecular complexity index is 1480. The van der Waals surface area contributed by atoms with Crippen LogP contribution < -0.4 is 10.1 Å². The van der Waals surface area contributed by atoms with Crippen LogP contribution in [0.1, 0.15) is 16.7 Å². The van der Waals surface area contributed by atoms with E-state index in [4.69, 9.17) is 4.74 Å². The second kappa shape index (κ2) is 8.83. The normalized spacial score (nSPS) is 16.2. The number of methoxy groups -OCH3 is 1. The number of nitrogens with zero attached hydrogens (tertiary/aromatic N) is 2. The summed E-state index contributed by atoms with van der Waals surface area (Å²) in [5.74, 6) is 0.296. The second-order valence-electron chi connectivity index (χ2n) is 8.19. The van der Waals surface area contributed by atoms with E-state index >= 15 is 0 Å². The van der Waals surface area contributed by atoms with Crippen LogP contribution in [0.5, 0.6) is 5.75 Å². The van der Waals surface area contributed by atoms with Crippen LogP contribution in [0, 0.1) is 6.92 Å².